The van der Waals surface area contributed by atoms with Gasteiger partial charge < -0.3 is 9.84 Å². The molecule has 1 aromatic rings. The van der Waals surface area contributed by atoms with Crippen LogP contribution in [0.5, 0.6) is 5.75 Å². The first-order valence-electron chi connectivity index (χ1n) is 6.29. The first-order valence-corrected chi connectivity index (χ1v) is 7.78. The van der Waals surface area contributed by atoms with Crippen molar-refractivity contribution in [3.63, 3.8) is 0 Å². The number of hydrogen-bond donors (Lipinski definition) is 1. The van der Waals surface area contributed by atoms with Gasteiger partial charge in [-0.25, -0.2) is 0 Å². The summed E-state index contributed by atoms with van der Waals surface area (Å²) in [6.45, 7) is 3.61. The number of ether oxygens (including phenoxy) is 1. The molecule has 0 saturated heterocycles. The Kier molecular flexibility index (Phi) is 4.24. The van der Waals surface area contributed by atoms with E-state index in [1.807, 2.05) is 19.1 Å². The van der Waals surface area contributed by atoms with Gasteiger partial charge in [0.2, 0.25) is 0 Å². The Hall–Kier alpha value is -1.36. The van der Waals surface area contributed by atoms with Crippen molar-refractivity contribution in [2.45, 2.75) is 26.4 Å². The molecule has 0 fully saturated rings. The Bertz CT molecular complexity index is 512. The van der Waals surface area contributed by atoms with E-state index in [9.17, 15) is 9.00 Å². The van der Waals surface area contributed by atoms with Gasteiger partial charge in [0.25, 0.3) is 0 Å². The van der Waals surface area contributed by atoms with Crippen LogP contribution in [0, 0.1) is 12.8 Å². The second-order valence-corrected chi connectivity index (χ2v) is 6.61. The van der Waals surface area contributed by atoms with Gasteiger partial charge in [-0.15, -0.1) is 0 Å². The lowest BCUT2D eigenvalue weighted by atomic mass is 10.1. The lowest BCUT2D eigenvalue weighted by Crippen LogP contribution is -2.26. The first-order chi connectivity index (χ1) is 8.95. The molecule has 0 bridgehead atoms. The predicted octanol–water partition coefficient (Wildman–Crippen LogP) is 1.77. The molecule has 1 heterocycles. The van der Waals surface area contributed by atoms with Crippen molar-refractivity contribution in [2.75, 3.05) is 11.5 Å². The highest BCUT2D eigenvalue weighted by atomic mass is 32.2. The minimum absolute atomic E-state index is 0.0985. The molecule has 0 aromatic heterocycles. The second-order valence-electron chi connectivity index (χ2n) is 5.07. The molecule has 5 heteroatoms. The van der Waals surface area contributed by atoms with Crippen molar-refractivity contribution in [2.24, 2.45) is 5.92 Å². The van der Waals surface area contributed by atoms with Crippen molar-refractivity contribution in [1.29, 1.82) is 0 Å². The van der Waals surface area contributed by atoms with Gasteiger partial charge in [0, 0.05) is 23.0 Å². The van der Waals surface area contributed by atoms with Crippen LogP contribution in [-0.2, 0) is 22.0 Å². The molecular weight excluding hydrogens is 264 g/mol. The Morgan fingerprint density at radius 2 is 2.32 bits per heavy atom. The van der Waals surface area contributed by atoms with E-state index < -0.39 is 22.7 Å². The van der Waals surface area contributed by atoms with Gasteiger partial charge in [-0.1, -0.05) is 24.6 Å². The molecule has 4 nitrogen and oxygen atoms in total. The topological polar surface area (TPSA) is 63.6 Å². The van der Waals surface area contributed by atoms with E-state index in [2.05, 4.69) is 6.07 Å². The molecular formula is C14H18O4S. The predicted molar refractivity (Wildman–Crippen MR) is 74.0 cm³/mol. The maximum absolute atomic E-state index is 11.9. The number of aliphatic carboxylic acids is 1. The van der Waals surface area contributed by atoms with Crippen molar-refractivity contribution >= 4 is 16.8 Å². The molecule has 19 heavy (non-hydrogen) atoms. The summed E-state index contributed by atoms with van der Waals surface area (Å²) in [5.41, 5.74) is 2.33. The average molecular weight is 282 g/mol. The summed E-state index contributed by atoms with van der Waals surface area (Å²) in [4.78, 5) is 10.7. The smallest absolute Gasteiger partial charge is 0.307 e. The largest absolute Gasteiger partial charge is 0.489 e. The van der Waals surface area contributed by atoms with Gasteiger partial charge in [0.15, 0.2) is 0 Å². The molecule has 0 amide bonds. The Morgan fingerprint density at radius 3 is 3.00 bits per heavy atom. The molecule has 1 N–H and O–H groups in total. The lowest BCUT2D eigenvalue weighted by Gasteiger charge is -2.11. The zero-order valence-corrected chi connectivity index (χ0v) is 11.9. The number of carboxylic acids is 1. The highest BCUT2D eigenvalue weighted by Crippen LogP contribution is 2.29. The first kappa shape index (κ1) is 14.1. The van der Waals surface area contributed by atoms with Gasteiger partial charge in [0.05, 0.1) is 11.7 Å². The second kappa shape index (κ2) is 5.74. The van der Waals surface area contributed by atoms with Crippen LogP contribution >= 0.6 is 0 Å². The zero-order valence-electron chi connectivity index (χ0n) is 11.1. The van der Waals surface area contributed by atoms with Crippen LogP contribution in [0.25, 0.3) is 0 Å². The summed E-state index contributed by atoms with van der Waals surface area (Å²) < 4.78 is 17.6. The number of carboxylic acid groups (broad SMARTS) is 1. The molecule has 0 aliphatic carbocycles. The van der Waals surface area contributed by atoms with Crippen molar-refractivity contribution in [3.05, 3.63) is 29.3 Å². The number of fused-ring (bicyclic) bond motifs is 1. The number of carbonyl (C=O) groups is 1. The third kappa shape index (κ3) is 3.56. The normalized spacial score (nSPS) is 20.4. The Balaban J connectivity index is 1.90. The van der Waals surface area contributed by atoms with Crippen molar-refractivity contribution in [3.8, 4) is 5.75 Å². The highest BCUT2D eigenvalue weighted by Gasteiger charge is 2.25. The van der Waals surface area contributed by atoms with E-state index >= 15 is 0 Å². The maximum atomic E-state index is 11.9. The summed E-state index contributed by atoms with van der Waals surface area (Å²) in [5, 5.41) is 8.80. The quantitative estimate of drug-likeness (QED) is 0.894. The molecule has 1 aromatic carbocycles. The Morgan fingerprint density at radius 1 is 1.58 bits per heavy atom. The van der Waals surface area contributed by atoms with E-state index in [1.54, 1.807) is 6.92 Å². The average Bonchev–Trinajstić information content (AvgIpc) is 2.69. The fourth-order valence-corrected chi connectivity index (χ4v) is 3.60. The number of hydrogen-bond acceptors (Lipinski definition) is 3. The van der Waals surface area contributed by atoms with Crippen LogP contribution < -0.4 is 4.74 Å². The summed E-state index contributed by atoms with van der Waals surface area (Å²) in [5.74, 6) is -0.0408. The van der Waals surface area contributed by atoms with Crippen LogP contribution in [0.15, 0.2) is 18.2 Å². The van der Waals surface area contributed by atoms with Crippen LogP contribution in [0.3, 0.4) is 0 Å². The third-order valence-corrected chi connectivity index (χ3v) is 4.80. The van der Waals surface area contributed by atoms with Crippen molar-refractivity contribution in [1.82, 2.24) is 0 Å². The lowest BCUT2D eigenvalue weighted by molar-refractivity contribution is -0.140. The van der Waals surface area contributed by atoms with Gasteiger partial charge in [0.1, 0.15) is 11.9 Å². The molecule has 0 radical (unpaired) electrons. The minimum atomic E-state index is -1.16. The summed E-state index contributed by atoms with van der Waals surface area (Å²) >= 11 is 0. The van der Waals surface area contributed by atoms with Crippen LogP contribution in [0.2, 0.25) is 0 Å². The van der Waals surface area contributed by atoms with E-state index in [4.69, 9.17) is 9.84 Å². The fourth-order valence-electron chi connectivity index (χ4n) is 2.17. The number of aryl methyl sites for hydroxylation is 1. The molecule has 2 rings (SSSR count). The molecule has 104 valence electrons. The molecule has 3 atom stereocenters. The molecule has 0 saturated carbocycles. The maximum Gasteiger partial charge on any atom is 0.307 e. The standard InChI is InChI=1S/C14H18O4S/c1-9-3-4-13-11(5-9)6-12(18-13)8-19(17)7-10(2)14(15)16/h3-5,10,12H,6-8H2,1-2H3,(H,15,16). The SMILES string of the molecule is Cc1ccc2c(c1)CC(CS(=O)CC(C)C(=O)O)O2. The summed E-state index contributed by atoms with van der Waals surface area (Å²) in [7, 11) is -1.16. The highest BCUT2D eigenvalue weighted by molar-refractivity contribution is 7.85. The zero-order chi connectivity index (χ0) is 14.0. The molecule has 0 spiro atoms. The van der Waals surface area contributed by atoms with E-state index in [0.717, 1.165) is 17.7 Å². The minimum Gasteiger partial charge on any atom is -0.489 e. The third-order valence-electron chi connectivity index (χ3n) is 3.19. The van der Waals surface area contributed by atoms with Gasteiger partial charge in [-0.05, 0) is 18.6 Å². The van der Waals surface area contributed by atoms with Gasteiger partial charge in [-0.3, -0.25) is 9.00 Å². The molecule has 1 aliphatic heterocycles. The van der Waals surface area contributed by atoms with Crippen LogP contribution in [-0.4, -0.2) is 32.9 Å². The van der Waals surface area contributed by atoms with E-state index in [1.165, 1.54) is 5.56 Å². The number of rotatable bonds is 5. The van der Waals surface area contributed by atoms with E-state index in [-0.39, 0.29) is 11.9 Å². The fraction of sp³-hybridized carbons (Fsp3) is 0.500. The molecule has 1 aliphatic rings. The molecule has 3 unspecified atom stereocenters. The summed E-state index contributed by atoms with van der Waals surface area (Å²) in [6, 6.07) is 6.01. The van der Waals surface area contributed by atoms with Gasteiger partial charge in [-0.2, -0.15) is 0 Å². The van der Waals surface area contributed by atoms with Gasteiger partial charge >= 0.3 is 5.97 Å². The monoisotopic (exact) mass is 282 g/mol. The van der Waals surface area contributed by atoms with Crippen LogP contribution in [0.1, 0.15) is 18.1 Å². The van der Waals surface area contributed by atoms with E-state index in [0.29, 0.717) is 5.75 Å². The van der Waals surface area contributed by atoms with Crippen LogP contribution in [0.4, 0.5) is 0 Å². The Labute approximate surface area is 115 Å². The van der Waals surface area contributed by atoms with Crippen molar-refractivity contribution < 1.29 is 18.8 Å². The summed E-state index contributed by atoms with van der Waals surface area (Å²) in [6.07, 6.45) is 0.656. The number of benzene rings is 1.